The van der Waals surface area contributed by atoms with Gasteiger partial charge in [-0.05, 0) is 55.0 Å². The monoisotopic (exact) mass is 872 g/mol. The summed E-state index contributed by atoms with van der Waals surface area (Å²) < 4.78 is 31.0. The van der Waals surface area contributed by atoms with Gasteiger partial charge in [-0.1, -0.05) is 57.5 Å². The number of likely N-dealkylation sites (tertiary alicyclic amines) is 1. The standard InChI is InChI=1S/C40H52F2N8O6S.C2H6O2/c1-40(2,3)34(35-47-31(26-18-24(41)12-13-27(26)42)21-49(35)20-23-8-5-4-6-9-23)45-15-14-28(43)37(53)48-30-11-7-10-25(30)36(52)46-16-17-50-33(51)19-32(38(50)54)57-22-29(44)39(55)56;3-1-2-4/h4-6,8-9,12-13,18,21,25,28-30,32,34,45H,7,10-11,14-17,19-20,22,43-44H2,1-3H3,(H,46,52)(H,48,53)(H,55,56);3-4H,1-2H2/t25-,28+,29+,30+,32?,34+;/m1./s1. The molecular formula is C42H58F2N8O8S. The van der Waals surface area contributed by atoms with Crippen LogP contribution in [0.3, 0.4) is 0 Å². The average molecular weight is 873 g/mol. The van der Waals surface area contributed by atoms with Gasteiger partial charge in [-0.3, -0.25) is 28.9 Å². The first-order valence-electron chi connectivity index (χ1n) is 20.2. The molecule has 0 spiro atoms. The number of rotatable bonds is 19. The molecule has 1 aliphatic carbocycles. The minimum absolute atomic E-state index is 0.0132. The third kappa shape index (κ3) is 13.9. The summed E-state index contributed by atoms with van der Waals surface area (Å²) in [5.41, 5.74) is 12.8. The molecule has 1 aliphatic heterocycles. The topological polar surface area (TPSA) is 255 Å². The van der Waals surface area contributed by atoms with Gasteiger partial charge in [0.15, 0.2) is 0 Å². The van der Waals surface area contributed by atoms with E-state index in [4.69, 9.17) is 31.8 Å². The van der Waals surface area contributed by atoms with Crippen molar-refractivity contribution in [3.8, 4) is 11.3 Å². The smallest absolute Gasteiger partial charge is 0.321 e. The number of carbonyl (C=O) groups excluding carboxylic acids is 4. The predicted octanol–water partition coefficient (Wildman–Crippen LogP) is 1.92. The maximum absolute atomic E-state index is 14.9. The van der Waals surface area contributed by atoms with Gasteiger partial charge in [0, 0.05) is 49.6 Å². The summed E-state index contributed by atoms with van der Waals surface area (Å²) in [4.78, 5) is 68.6. The van der Waals surface area contributed by atoms with Crippen LogP contribution in [0.1, 0.15) is 70.3 Å². The number of aliphatic hydroxyl groups is 2. The number of aliphatic carboxylic acids is 1. The van der Waals surface area contributed by atoms with Crippen molar-refractivity contribution >= 4 is 41.4 Å². The van der Waals surface area contributed by atoms with Gasteiger partial charge in [-0.25, -0.2) is 13.8 Å². The van der Waals surface area contributed by atoms with E-state index < -0.39 is 70.0 Å². The molecule has 2 aliphatic rings. The Balaban J connectivity index is 0.00000196. The van der Waals surface area contributed by atoms with E-state index in [0.29, 0.717) is 43.9 Å². The second kappa shape index (κ2) is 22.9. The van der Waals surface area contributed by atoms with Crippen molar-refractivity contribution in [1.82, 2.24) is 30.4 Å². The molecule has 61 heavy (non-hydrogen) atoms. The molecule has 19 heteroatoms. The number of nitrogens with two attached hydrogens (primary N) is 2. The van der Waals surface area contributed by atoms with Crippen LogP contribution in [0.5, 0.6) is 0 Å². The van der Waals surface area contributed by atoms with Crippen LogP contribution >= 0.6 is 11.8 Å². The molecular weight excluding hydrogens is 815 g/mol. The van der Waals surface area contributed by atoms with E-state index in [9.17, 15) is 32.8 Å². The summed E-state index contributed by atoms with van der Waals surface area (Å²) >= 11 is 1.03. The highest BCUT2D eigenvalue weighted by molar-refractivity contribution is 8.00. The van der Waals surface area contributed by atoms with Gasteiger partial charge < -0.3 is 47.3 Å². The number of aromatic nitrogens is 2. The van der Waals surface area contributed by atoms with Crippen molar-refractivity contribution in [1.29, 1.82) is 0 Å². The highest BCUT2D eigenvalue weighted by Crippen LogP contribution is 2.35. The third-order valence-corrected chi connectivity index (χ3v) is 11.7. The molecule has 1 aromatic heterocycles. The molecule has 1 saturated heterocycles. The van der Waals surface area contributed by atoms with Gasteiger partial charge >= 0.3 is 5.97 Å². The van der Waals surface area contributed by atoms with Crippen molar-refractivity contribution in [3.05, 3.63) is 77.8 Å². The molecule has 4 amide bonds. The number of benzene rings is 2. The number of carbonyl (C=O) groups is 5. The summed E-state index contributed by atoms with van der Waals surface area (Å²) in [7, 11) is 0. The number of hydrogen-bond donors (Lipinski definition) is 8. The van der Waals surface area contributed by atoms with E-state index in [1.807, 2.05) is 55.7 Å². The number of carboxylic acid groups (broad SMARTS) is 1. The van der Waals surface area contributed by atoms with Gasteiger partial charge in [-0.2, -0.15) is 0 Å². The largest absolute Gasteiger partial charge is 0.480 e. The van der Waals surface area contributed by atoms with E-state index in [0.717, 1.165) is 40.4 Å². The van der Waals surface area contributed by atoms with Gasteiger partial charge in [-0.15, -0.1) is 11.8 Å². The van der Waals surface area contributed by atoms with Crippen molar-refractivity contribution in [2.45, 2.75) is 88.8 Å². The van der Waals surface area contributed by atoms with Crippen molar-refractivity contribution < 1.29 is 48.1 Å². The van der Waals surface area contributed by atoms with E-state index in [1.165, 1.54) is 0 Å². The van der Waals surface area contributed by atoms with Gasteiger partial charge in [0.05, 0.1) is 42.2 Å². The highest BCUT2D eigenvalue weighted by atomic mass is 32.2. The van der Waals surface area contributed by atoms with E-state index >= 15 is 0 Å². The molecule has 16 nitrogen and oxygen atoms in total. The second-order valence-corrected chi connectivity index (χ2v) is 17.4. The van der Waals surface area contributed by atoms with Crippen LogP contribution in [-0.4, -0.2) is 121 Å². The van der Waals surface area contributed by atoms with Crippen LogP contribution < -0.4 is 27.4 Å². The zero-order chi connectivity index (χ0) is 44.9. The van der Waals surface area contributed by atoms with E-state index in [-0.39, 0.29) is 62.4 Å². The SMILES string of the molecule is CC(C)(C)[C@@H](NCC[C@H](N)C(=O)N[C@H]1CCC[C@H]1C(=O)NCCN1C(=O)CC(SC[C@H](N)C(=O)O)C1=O)c1nc(-c2cc(F)ccc2F)cn1Cc1ccccc1.OCCO. The summed E-state index contributed by atoms with van der Waals surface area (Å²) in [6, 6.07) is 10.1. The fourth-order valence-electron chi connectivity index (χ4n) is 7.16. The summed E-state index contributed by atoms with van der Waals surface area (Å²) in [6.45, 7) is 6.61. The first-order chi connectivity index (χ1) is 28.9. The zero-order valence-corrected chi connectivity index (χ0v) is 35.5. The first kappa shape index (κ1) is 48.9. The van der Waals surface area contributed by atoms with Crippen LogP contribution in [0.15, 0.2) is 54.7 Å². The fraction of sp³-hybridized carbons (Fsp3) is 0.524. The van der Waals surface area contributed by atoms with Crippen LogP contribution in [0.25, 0.3) is 11.3 Å². The normalized spacial score (nSPS) is 19.2. The highest BCUT2D eigenvalue weighted by Gasteiger charge is 2.40. The molecule has 0 bridgehead atoms. The van der Waals surface area contributed by atoms with Crippen LogP contribution in [0.2, 0.25) is 0 Å². The van der Waals surface area contributed by atoms with Gasteiger partial charge in [0.2, 0.25) is 23.6 Å². The Bertz CT molecular complexity index is 1960. The lowest BCUT2D eigenvalue weighted by Gasteiger charge is -2.32. The molecule has 1 unspecified atom stereocenters. The van der Waals surface area contributed by atoms with Gasteiger partial charge in [0.25, 0.3) is 0 Å². The second-order valence-electron chi connectivity index (χ2n) is 16.1. The van der Waals surface area contributed by atoms with E-state index in [1.54, 1.807) is 6.20 Å². The first-order valence-corrected chi connectivity index (χ1v) is 21.3. The molecule has 10 N–H and O–H groups in total. The molecule has 6 atom stereocenters. The minimum atomic E-state index is -1.19. The number of nitrogens with one attached hydrogen (secondary N) is 3. The maximum atomic E-state index is 14.9. The number of hydrogen-bond acceptors (Lipinski definition) is 12. The number of aliphatic hydroxyl groups excluding tert-OH is 2. The molecule has 3 aromatic rings. The van der Waals surface area contributed by atoms with Crippen LogP contribution in [0, 0.1) is 23.0 Å². The Hall–Kier alpha value is -4.79. The Morgan fingerprint density at radius 1 is 1.00 bits per heavy atom. The lowest BCUT2D eigenvalue weighted by molar-refractivity contribution is -0.139. The number of halogens is 2. The van der Waals surface area contributed by atoms with Crippen molar-refractivity contribution in [3.63, 3.8) is 0 Å². The van der Waals surface area contributed by atoms with Crippen molar-refractivity contribution in [2.24, 2.45) is 22.8 Å². The molecule has 334 valence electrons. The lowest BCUT2D eigenvalue weighted by atomic mass is 9.86. The van der Waals surface area contributed by atoms with Crippen molar-refractivity contribution in [2.75, 3.05) is 38.6 Å². The molecule has 2 heterocycles. The number of imidazole rings is 1. The molecule has 1 saturated carbocycles. The number of thioether (sulfide) groups is 1. The Morgan fingerprint density at radius 3 is 2.36 bits per heavy atom. The number of nitrogens with zero attached hydrogens (tertiary/aromatic N) is 3. The zero-order valence-electron chi connectivity index (χ0n) is 34.7. The lowest BCUT2D eigenvalue weighted by Crippen LogP contribution is -2.50. The minimum Gasteiger partial charge on any atom is -0.480 e. The van der Waals surface area contributed by atoms with Crippen LogP contribution in [-0.2, 0) is 30.5 Å². The summed E-state index contributed by atoms with van der Waals surface area (Å²) in [5.74, 6) is -3.83. The number of amides is 4. The fourth-order valence-corrected chi connectivity index (χ4v) is 8.27. The third-order valence-electron chi connectivity index (χ3n) is 10.4. The average Bonchev–Trinajstić information content (AvgIpc) is 3.93. The predicted molar refractivity (Wildman–Crippen MR) is 226 cm³/mol. The molecule has 2 aromatic carbocycles. The quantitative estimate of drug-likeness (QED) is 0.0803. The Labute approximate surface area is 358 Å². The van der Waals surface area contributed by atoms with Gasteiger partial charge in [0.1, 0.15) is 23.5 Å². The molecule has 2 fully saturated rings. The van der Waals surface area contributed by atoms with E-state index in [2.05, 4.69) is 16.0 Å². The maximum Gasteiger partial charge on any atom is 0.321 e. The Morgan fingerprint density at radius 2 is 1.70 bits per heavy atom. The summed E-state index contributed by atoms with van der Waals surface area (Å²) in [6.07, 6.45) is 3.75. The van der Waals surface area contributed by atoms with Crippen LogP contribution in [0.4, 0.5) is 8.78 Å². The molecule has 5 rings (SSSR count). The summed E-state index contributed by atoms with van der Waals surface area (Å²) in [5, 5.41) is 32.8. The Kier molecular flexibility index (Phi) is 18.3. The number of carboxylic acids is 1. The molecule has 0 radical (unpaired) electrons. The number of imide groups is 1.